The molecule has 0 spiro atoms. The Bertz CT molecular complexity index is 486. The second-order valence-corrected chi connectivity index (χ2v) is 6.71. The van der Waals surface area contributed by atoms with Crippen LogP contribution in [0.3, 0.4) is 0 Å². The molecule has 1 aromatic heterocycles. The molecular formula is C16H23NO3S. The van der Waals surface area contributed by atoms with Gasteiger partial charge in [0.1, 0.15) is 4.88 Å². The molecule has 0 saturated heterocycles. The normalized spacial score (nSPS) is 15.7. The highest BCUT2D eigenvalue weighted by atomic mass is 32.1. The Balaban J connectivity index is 1.87. The van der Waals surface area contributed by atoms with E-state index in [-0.39, 0.29) is 24.5 Å². The summed E-state index contributed by atoms with van der Waals surface area (Å²) in [5.74, 6) is -0.622. The van der Waals surface area contributed by atoms with E-state index in [0.717, 1.165) is 19.3 Å². The van der Waals surface area contributed by atoms with E-state index in [4.69, 9.17) is 4.74 Å². The lowest BCUT2D eigenvalue weighted by Crippen LogP contribution is -2.35. The number of esters is 1. The molecule has 0 aromatic carbocycles. The number of ether oxygens (including phenoxy) is 1. The summed E-state index contributed by atoms with van der Waals surface area (Å²) in [4.78, 5) is 25.6. The summed E-state index contributed by atoms with van der Waals surface area (Å²) in [7, 11) is 0. The summed E-state index contributed by atoms with van der Waals surface area (Å²) in [5, 5.41) is 2.78. The van der Waals surface area contributed by atoms with Crippen molar-refractivity contribution in [2.45, 2.75) is 58.4 Å². The molecule has 1 N–H and O–H groups in total. The lowest BCUT2D eigenvalue weighted by molar-refractivity contribution is -0.124. The molecule has 0 fully saturated rings. The van der Waals surface area contributed by atoms with Crippen molar-refractivity contribution in [1.29, 1.82) is 0 Å². The molecule has 0 radical (unpaired) electrons. The summed E-state index contributed by atoms with van der Waals surface area (Å²) >= 11 is 1.52. The zero-order valence-corrected chi connectivity index (χ0v) is 13.6. The first-order valence-electron chi connectivity index (χ1n) is 7.68. The van der Waals surface area contributed by atoms with Crippen LogP contribution in [0.25, 0.3) is 0 Å². The molecular weight excluding hydrogens is 286 g/mol. The minimum absolute atomic E-state index is 0.106. The van der Waals surface area contributed by atoms with E-state index in [0.29, 0.717) is 4.88 Å². The van der Waals surface area contributed by atoms with Gasteiger partial charge in [-0.25, -0.2) is 4.79 Å². The number of carbonyl (C=O) groups excluding carboxylic acids is 2. The van der Waals surface area contributed by atoms with Crippen LogP contribution in [0.4, 0.5) is 0 Å². The highest BCUT2D eigenvalue weighted by Gasteiger charge is 2.18. The van der Waals surface area contributed by atoms with Crippen LogP contribution in [0.5, 0.6) is 0 Å². The van der Waals surface area contributed by atoms with Gasteiger partial charge in [-0.05, 0) is 50.7 Å². The van der Waals surface area contributed by atoms with Crippen LogP contribution >= 0.6 is 11.3 Å². The highest BCUT2D eigenvalue weighted by molar-refractivity contribution is 7.14. The Labute approximate surface area is 129 Å². The first kappa shape index (κ1) is 16.0. The van der Waals surface area contributed by atoms with Gasteiger partial charge in [0, 0.05) is 10.9 Å². The van der Waals surface area contributed by atoms with Gasteiger partial charge in [-0.2, -0.15) is 0 Å². The molecule has 116 valence electrons. The first-order chi connectivity index (χ1) is 10.1. The molecule has 4 nitrogen and oxygen atoms in total. The maximum atomic E-state index is 12.0. The van der Waals surface area contributed by atoms with Crippen LogP contribution in [-0.4, -0.2) is 24.5 Å². The van der Waals surface area contributed by atoms with E-state index >= 15 is 0 Å². The molecule has 1 aromatic rings. The van der Waals surface area contributed by atoms with Gasteiger partial charge in [-0.15, -0.1) is 11.3 Å². The van der Waals surface area contributed by atoms with Gasteiger partial charge in [-0.3, -0.25) is 4.79 Å². The Kier molecular flexibility index (Phi) is 5.79. The second kappa shape index (κ2) is 7.59. The third-order valence-electron chi connectivity index (χ3n) is 3.80. The van der Waals surface area contributed by atoms with Gasteiger partial charge in [0.05, 0.1) is 0 Å². The standard InChI is InChI=1S/C16H23NO3S/c1-3-11(2)17-15(18)10-20-16(19)14-9-12-7-5-4-6-8-13(12)21-14/h9,11H,3-8,10H2,1-2H3,(H,17,18). The largest absolute Gasteiger partial charge is 0.451 e. The summed E-state index contributed by atoms with van der Waals surface area (Å²) < 4.78 is 5.10. The van der Waals surface area contributed by atoms with E-state index in [1.807, 2.05) is 19.9 Å². The van der Waals surface area contributed by atoms with Crippen LogP contribution in [0.1, 0.15) is 59.6 Å². The zero-order valence-electron chi connectivity index (χ0n) is 12.7. The highest BCUT2D eigenvalue weighted by Crippen LogP contribution is 2.29. The number of hydrogen-bond acceptors (Lipinski definition) is 4. The minimum Gasteiger partial charge on any atom is -0.451 e. The molecule has 1 aliphatic rings. The molecule has 5 heteroatoms. The second-order valence-electron chi connectivity index (χ2n) is 5.57. The fraction of sp³-hybridized carbons (Fsp3) is 0.625. The molecule has 0 aliphatic heterocycles. The molecule has 0 saturated carbocycles. The van der Waals surface area contributed by atoms with E-state index in [1.54, 1.807) is 0 Å². The van der Waals surface area contributed by atoms with Gasteiger partial charge in [0.15, 0.2) is 6.61 Å². The maximum Gasteiger partial charge on any atom is 0.348 e. The van der Waals surface area contributed by atoms with E-state index in [1.165, 1.54) is 41.0 Å². The molecule has 21 heavy (non-hydrogen) atoms. The number of aryl methyl sites for hydroxylation is 2. The third-order valence-corrected chi connectivity index (χ3v) is 5.02. The zero-order chi connectivity index (χ0) is 15.2. The van der Waals surface area contributed by atoms with Crippen LogP contribution in [0.2, 0.25) is 0 Å². The minimum atomic E-state index is -0.382. The monoisotopic (exact) mass is 309 g/mol. The average molecular weight is 309 g/mol. The lowest BCUT2D eigenvalue weighted by atomic mass is 10.1. The van der Waals surface area contributed by atoms with Gasteiger partial charge >= 0.3 is 5.97 Å². The van der Waals surface area contributed by atoms with Crippen molar-refractivity contribution in [3.05, 3.63) is 21.4 Å². The molecule has 2 rings (SSSR count). The van der Waals surface area contributed by atoms with Crippen LogP contribution in [-0.2, 0) is 22.4 Å². The van der Waals surface area contributed by atoms with Crippen molar-refractivity contribution in [3.8, 4) is 0 Å². The van der Waals surface area contributed by atoms with Gasteiger partial charge < -0.3 is 10.1 Å². The van der Waals surface area contributed by atoms with E-state index in [2.05, 4.69) is 5.32 Å². The van der Waals surface area contributed by atoms with Crippen molar-refractivity contribution in [1.82, 2.24) is 5.32 Å². The fourth-order valence-electron chi connectivity index (χ4n) is 2.39. The number of nitrogens with one attached hydrogen (secondary N) is 1. The van der Waals surface area contributed by atoms with Crippen molar-refractivity contribution in [2.24, 2.45) is 0 Å². The van der Waals surface area contributed by atoms with Gasteiger partial charge in [0.2, 0.25) is 0 Å². The number of thiophene rings is 1. The molecule has 1 aliphatic carbocycles. The number of amides is 1. The third kappa shape index (κ3) is 4.56. The number of hydrogen-bond donors (Lipinski definition) is 1. The SMILES string of the molecule is CCC(C)NC(=O)COC(=O)c1cc2c(s1)CCCCC2. The summed E-state index contributed by atoms with van der Waals surface area (Å²) in [6, 6.07) is 2.05. The number of carbonyl (C=O) groups is 2. The predicted octanol–water partition coefficient (Wildman–Crippen LogP) is 3.09. The maximum absolute atomic E-state index is 12.0. The van der Waals surface area contributed by atoms with Crippen molar-refractivity contribution >= 4 is 23.2 Å². The topological polar surface area (TPSA) is 55.4 Å². The van der Waals surface area contributed by atoms with Crippen LogP contribution < -0.4 is 5.32 Å². The summed E-state index contributed by atoms with van der Waals surface area (Å²) in [5.41, 5.74) is 1.29. The van der Waals surface area contributed by atoms with Crippen molar-refractivity contribution in [3.63, 3.8) is 0 Å². The molecule has 1 amide bonds. The fourth-order valence-corrected chi connectivity index (χ4v) is 3.54. The average Bonchev–Trinajstić information content (AvgIpc) is 2.76. The van der Waals surface area contributed by atoms with Crippen molar-refractivity contribution < 1.29 is 14.3 Å². The van der Waals surface area contributed by atoms with Crippen LogP contribution in [0, 0.1) is 0 Å². The predicted molar refractivity (Wildman–Crippen MR) is 83.8 cm³/mol. The number of rotatable bonds is 5. The first-order valence-corrected chi connectivity index (χ1v) is 8.50. The lowest BCUT2D eigenvalue weighted by Gasteiger charge is -2.11. The van der Waals surface area contributed by atoms with E-state index < -0.39 is 0 Å². The quantitative estimate of drug-likeness (QED) is 0.672. The molecule has 1 heterocycles. The Hall–Kier alpha value is -1.36. The summed E-state index contributed by atoms with van der Waals surface area (Å²) in [6.07, 6.45) is 6.61. The van der Waals surface area contributed by atoms with Crippen LogP contribution in [0.15, 0.2) is 6.07 Å². The summed E-state index contributed by atoms with van der Waals surface area (Å²) in [6.45, 7) is 3.72. The molecule has 1 unspecified atom stereocenters. The Morgan fingerprint density at radius 1 is 1.33 bits per heavy atom. The Morgan fingerprint density at radius 3 is 2.86 bits per heavy atom. The van der Waals surface area contributed by atoms with Gasteiger partial charge in [-0.1, -0.05) is 13.3 Å². The van der Waals surface area contributed by atoms with Crippen molar-refractivity contribution in [2.75, 3.05) is 6.61 Å². The molecule has 0 bridgehead atoms. The number of fused-ring (bicyclic) bond motifs is 1. The Morgan fingerprint density at radius 2 is 2.10 bits per heavy atom. The smallest absolute Gasteiger partial charge is 0.348 e. The van der Waals surface area contributed by atoms with Gasteiger partial charge in [0.25, 0.3) is 5.91 Å². The molecule has 1 atom stereocenters. The van der Waals surface area contributed by atoms with E-state index in [9.17, 15) is 9.59 Å².